The van der Waals surface area contributed by atoms with Gasteiger partial charge in [-0.2, -0.15) is 4.90 Å². The number of hydrogen-bond acceptors (Lipinski definition) is 7. The molecule has 1 rings (SSSR count). The van der Waals surface area contributed by atoms with E-state index in [-0.39, 0.29) is 12.5 Å². The fourth-order valence-electron chi connectivity index (χ4n) is 2.81. The van der Waals surface area contributed by atoms with Crippen molar-refractivity contribution in [2.24, 2.45) is 0 Å². The molecule has 2 amide bonds. The standard InChI is InChI=1S/C20H33NO8/c1-19(2,3)28-17(25)21(18(26)29-20(4,5)6)14(11-12-15(22)23)16(24)27-13-9-7-8-10-13/h13-14H,7-12H2,1-6H3,(H,22,23)/t14-/m1/s1. The first-order valence-corrected chi connectivity index (χ1v) is 9.87. The van der Waals surface area contributed by atoms with Gasteiger partial charge in [-0.25, -0.2) is 14.4 Å². The lowest BCUT2D eigenvalue weighted by Crippen LogP contribution is -2.52. The van der Waals surface area contributed by atoms with Gasteiger partial charge in [0.25, 0.3) is 0 Å². The summed E-state index contributed by atoms with van der Waals surface area (Å²) in [5.74, 6) is -2.01. The maximum Gasteiger partial charge on any atom is 0.420 e. The van der Waals surface area contributed by atoms with Crippen molar-refractivity contribution < 1.29 is 38.5 Å². The lowest BCUT2D eigenvalue weighted by molar-refractivity contribution is -0.155. The maximum absolute atomic E-state index is 12.8. The lowest BCUT2D eigenvalue weighted by atomic mass is 10.1. The largest absolute Gasteiger partial charge is 0.481 e. The van der Waals surface area contributed by atoms with Crippen molar-refractivity contribution in [2.75, 3.05) is 0 Å². The summed E-state index contributed by atoms with van der Waals surface area (Å²) in [5.41, 5.74) is -1.88. The van der Waals surface area contributed by atoms with Crippen molar-refractivity contribution in [1.29, 1.82) is 0 Å². The van der Waals surface area contributed by atoms with Crippen molar-refractivity contribution in [3.63, 3.8) is 0 Å². The Bertz CT molecular complexity index is 583. The monoisotopic (exact) mass is 415 g/mol. The Labute approximate surface area is 171 Å². The molecule has 1 N–H and O–H groups in total. The summed E-state index contributed by atoms with van der Waals surface area (Å²) in [6.45, 7) is 9.67. The fraction of sp³-hybridized carbons (Fsp3) is 0.800. The Kier molecular flexibility index (Phi) is 8.47. The molecule has 0 aromatic carbocycles. The molecule has 166 valence electrons. The van der Waals surface area contributed by atoms with Crippen LogP contribution in [0, 0.1) is 0 Å². The van der Waals surface area contributed by atoms with E-state index in [1.807, 2.05) is 0 Å². The quantitative estimate of drug-likeness (QED) is 0.513. The molecule has 0 bridgehead atoms. The van der Waals surface area contributed by atoms with E-state index in [1.54, 1.807) is 41.5 Å². The summed E-state index contributed by atoms with van der Waals surface area (Å²) in [7, 11) is 0. The first-order valence-electron chi connectivity index (χ1n) is 9.87. The molecule has 0 radical (unpaired) electrons. The van der Waals surface area contributed by atoms with Crippen molar-refractivity contribution >= 4 is 24.1 Å². The number of amides is 2. The number of carbonyl (C=O) groups is 4. The second-order valence-electron chi connectivity index (χ2n) is 9.12. The number of hydrogen-bond donors (Lipinski definition) is 1. The van der Waals surface area contributed by atoms with Crippen LogP contribution in [0.4, 0.5) is 9.59 Å². The summed E-state index contributed by atoms with van der Waals surface area (Å²) in [6, 6.07) is -1.46. The first-order chi connectivity index (χ1) is 13.2. The van der Waals surface area contributed by atoms with Crippen LogP contribution in [0.2, 0.25) is 0 Å². The highest BCUT2D eigenvalue weighted by atomic mass is 16.6. The second kappa shape index (κ2) is 9.93. The van der Waals surface area contributed by atoms with Crippen LogP contribution in [0.15, 0.2) is 0 Å². The van der Waals surface area contributed by atoms with E-state index < -0.39 is 47.8 Å². The molecule has 1 aliphatic rings. The molecule has 0 aliphatic heterocycles. The van der Waals surface area contributed by atoms with Gasteiger partial charge in [-0.3, -0.25) is 4.79 Å². The lowest BCUT2D eigenvalue weighted by Gasteiger charge is -2.32. The number of carbonyl (C=O) groups excluding carboxylic acids is 3. The van der Waals surface area contributed by atoms with Crippen LogP contribution < -0.4 is 0 Å². The third kappa shape index (κ3) is 9.15. The van der Waals surface area contributed by atoms with Crippen LogP contribution in [0.5, 0.6) is 0 Å². The molecular formula is C20H33NO8. The van der Waals surface area contributed by atoms with E-state index in [2.05, 4.69) is 0 Å². The van der Waals surface area contributed by atoms with Crippen molar-refractivity contribution in [2.45, 2.75) is 103 Å². The Hall–Kier alpha value is -2.32. The molecule has 0 unspecified atom stereocenters. The third-order valence-electron chi connectivity index (χ3n) is 3.98. The summed E-state index contributed by atoms with van der Waals surface area (Å²) < 4.78 is 16.0. The van der Waals surface area contributed by atoms with E-state index >= 15 is 0 Å². The number of imide groups is 1. The predicted molar refractivity (Wildman–Crippen MR) is 103 cm³/mol. The number of nitrogens with zero attached hydrogens (tertiary/aromatic N) is 1. The van der Waals surface area contributed by atoms with E-state index in [1.165, 1.54) is 0 Å². The number of esters is 1. The van der Waals surface area contributed by atoms with Crippen LogP contribution in [-0.4, -0.2) is 57.5 Å². The maximum atomic E-state index is 12.8. The number of carboxylic acids is 1. The number of ether oxygens (including phenoxy) is 3. The van der Waals surface area contributed by atoms with Gasteiger partial charge in [-0.05, 0) is 73.6 Å². The summed E-state index contributed by atoms with van der Waals surface area (Å²) in [4.78, 5) is 50.0. The highest BCUT2D eigenvalue weighted by Crippen LogP contribution is 2.24. The van der Waals surface area contributed by atoms with E-state index in [0.29, 0.717) is 17.7 Å². The van der Waals surface area contributed by atoms with Crippen molar-refractivity contribution in [3.05, 3.63) is 0 Å². The molecule has 29 heavy (non-hydrogen) atoms. The first kappa shape index (κ1) is 24.7. The Morgan fingerprint density at radius 1 is 0.931 bits per heavy atom. The van der Waals surface area contributed by atoms with Crippen LogP contribution >= 0.6 is 0 Å². The molecule has 0 heterocycles. The summed E-state index contributed by atoms with van der Waals surface area (Å²) in [5, 5.41) is 9.06. The second-order valence-corrected chi connectivity index (χ2v) is 9.12. The average Bonchev–Trinajstić information content (AvgIpc) is 2.99. The normalized spacial score (nSPS) is 16.1. The molecule has 9 nitrogen and oxygen atoms in total. The Balaban J connectivity index is 3.19. The molecule has 1 saturated carbocycles. The minimum Gasteiger partial charge on any atom is -0.481 e. The van der Waals surface area contributed by atoms with Crippen LogP contribution in [0.25, 0.3) is 0 Å². The summed E-state index contributed by atoms with van der Waals surface area (Å²) in [6.07, 6.45) is -0.0256. The van der Waals surface area contributed by atoms with Gasteiger partial charge < -0.3 is 19.3 Å². The molecule has 1 atom stereocenters. The zero-order chi connectivity index (χ0) is 22.4. The van der Waals surface area contributed by atoms with Crippen LogP contribution in [-0.2, 0) is 23.8 Å². The van der Waals surface area contributed by atoms with Crippen molar-refractivity contribution in [1.82, 2.24) is 4.90 Å². The molecule has 0 aromatic rings. The zero-order valence-corrected chi connectivity index (χ0v) is 18.1. The Morgan fingerprint density at radius 2 is 1.38 bits per heavy atom. The minimum absolute atomic E-state index is 0.306. The molecular weight excluding hydrogens is 382 g/mol. The van der Waals surface area contributed by atoms with Crippen molar-refractivity contribution in [3.8, 4) is 0 Å². The smallest absolute Gasteiger partial charge is 0.420 e. The van der Waals surface area contributed by atoms with Gasteiger partial charge in [0.1, 0.15) is 23.3 Å². The fourth-order valence-corrected chi connectivity index (χ4v) is 2.81. The molecule has 1 aliphatic carbocycles. The molecule has 9 heteroatoms. The van der Waals surface area contributed by atoms with Crippen LogP contribution in [0.3, 0.4) is 0 Å². The van der Waals surface area contributed by atoms with Crippen LogP contribution in [0.1, 0.15) is 80.1 Å². The topological polar surface area (TPSA) is 119 Å². The highest BCUT2D eigenvalue weighted by Gasteiger charge is 2.42. The number of aliphatic carboxylic acids is 1. The minimum atomic E-state index is -1.46. The van der Waals surface area contributed by atoms with Gasteiger partial charge in [0.2, 0.25) is 0 Å². The van der Waals surface area contributed by atoms with Gasteiger partial charge in [0.05, 0.1) is 0 Å². The van der Waals surface area contributed by atoms with E-state index in [0.717, 1.165) is 12.8 Å². The molecule has 1 fully saturated rings. The number of rotatable bonds is 6. The highest BCUT2D eigenvalue weighted by molar-refractivity contribution is 5.94. The molecule has 0 aromatic heterocycles. The van der Waals surface area contributed by atoms with Gasteiger partial charge in [0, 0.05) is 6.42 Å². The summed E-state index contributed by atoms with van der Waals surface area (Å²) >= 11 is 0. The van der Waals surface area contributed by atoms with Gasteiger partial charge in [-0.1, -0.05) is 0 Å². The predicted octanol–water partition coefficient (Wildman–Crippen LogP) is 3.88. The van der Waals surface area contributed by atoms with E-state index in [4.69, 9.17) is 19.3 Å². The average molecular weight is 415 g/mol. The van der Waals surface area contributed by atoms with E-state index in [9.17, 15) is 19.2 Å². The van der Waals surface area contributed by atoms with Gasteiger partial charge in [-0.15, -0.1) is 0 Å². The molecule has 0 saturated heterocycles. The van der Waals surface area contributed by atoms with Gasteiger partial charge >= 0.3 is 24.1 Å². The molecule has 0 spiro atoms. The number of carboxylic acid groups (broad SMARTS) is 1. The Morgan fingerprint density at radius 3 is 1.76 bits per heavy atom. The van der Waals surface area contributed by atoms with Gasteiger partial charge in [0.15, 0.2) is 0 Å². The SMILES string of the molecule is CC(C)(C)OC(=O)N(C(=O)OC(C)(C)C)[C@H](CCC(=O)O)C(=O)OC1CCCC1. The zero-order valence-electron chi connectivity index (χ0n) is 18.1. The third-order valence-corrected chi connectivity index (χ3v) is 3.98.